The van der Waals surface area contributed by atoms with Gasteiger partial charge in [-0.15, -0.1) is 11.8 Å². The number of hydrogen-bond donors (Lipinski definition) is 2. The first-order valence-corrected chi connectivity index (χ1v) is 6.24. The fourth-order valence-corrected chi connectivity index (χ4v) is 2.32. The maximum absolute atomic E-state index is 9.14. The second-order valence-electron chi connectivity index (χ2n) is 3.85. The van der Waals surface area contributed by atoms with Gasteiger partial charge in [0, 0.05) is 16.7 Å². The Morgan fingerprint density at radius 2 is 2.13 bits per heavy atom. The van der Waals surface area contributed by atoms with Crippen LogP contribution in [0.1, 0.15) is 31.9 Å². The molecule has 0 bridgehead atoms. The minimum atomic E-state index is -0.214. The molecule has 0 fully saturated rings. The molecular weight excluding hydrogens is 206 g/mol. The highest BCUT2D eigenvalue weighted by Gasteiger charge is 2.01. The number of rotatable bonds is 5. The molecule has 2 atom stereocenters. The summed E-state index contributed by atoms with van der Waals surface area (Å²) >= 11 is 1.76. The fourth-order valence-electron chi connectivity index (χ4n) is 1.23. The van der Waals surface area contributed by atoms with E-state index >= 15 is 0 Å². The Hall–Kier alpha value is -0.510. The molecule has 2 nitrogen and oxygen atoms in total. The third-order valence-electron chi connectivity index (χ3n) is 2.19. The van der Waals surface area contributed by atoms with Gasteiger partial charge in [0.1, 0.15) is 0 Å². The first kappa shape index (κ1) is 12.6. The summed E-state index contributed by atoms with van der Waals surface area (Å²) < 4.78 is 0. The lowest BCUT2D eigenvalue weighted by molar-refractivity contribution is 0.192. The van der Waals surface area contributed by atoms with Gasteiger partial charge in [0.2, 0.25) is 0 Å². The summed E-state index contributed by atoms with van der Waals surface area (Å²) in [6, 6.07) is 8.37. The van der Waals surface area contributed by atoms with E-state index in [0.717, 1.165) is 17.7 Å². The van der Waals surface area contributed by atoms with E-state index in [1.54, 1.807) is 11.8 Å². The lowest BCUT2D eigenvalue weighted by atomic mass is 10.1. The number of hydrogen-bond acceptors (Lipinski definition) is 3. The van der Waals surface area contributed by atoms with Crippen molar-refractivity contribution in [2.45, 2.75) is 37.3 Å². The van der Waals surface area contributed by atoms with Crippen LogP contribution >= 0.6 is 11.8 Å². The van der Waals surface area contributed by atoms with E-state index in [-0.39, 0.29) is 12.1 Å². The van der Waals surface area contributed by atoms with E-state index in [0.29, 0.717) is 0 Å². The van der Waals surface area contributed by atoms with E-state index < -0.39 is 0 Å². The average Bonchev–Trinajstić information content (AvgIpc) is 2.17. The summed E-state index contributed by atoms with van der Waals surface area (Å²) in [6.45, 7) is 3.80. The molecule has 84 valence electrons. The van der Waals surface area contributed by atoms with Crippen molar-refractivity contribution in [2.24, 2.45) is 5.73 Å². The molecule has 0 amide bonds. The van der Waals surface area contributed by atoms with Crippen molar-refractivity contribution in [3.8, 4) is 0 Å². The molecule has 0 saturated heterocycles. The molecule has 1 rings (SSSR count). The highest BCUT2D eigenvalue weighted by atomic mass is 32.2. The predicted octanol–water partition coefficient (Wildman–Crippen LogP) is 2.57. The zero-order chi connectivity index (χ0) is 11.3. The second kappa shape index (κ2) is 6.16. The van der Waals surface area contributed by atoms with Gasteiger partial charge in [-0.05, 0) is 38.0 Å². The van der Waals surface area contributed by atoms with Crippen molar-refractivity contribution in [3.63, 3.8) is 0 Å². The van der Waals surface area contributed by atoms with Crippen LogP contribution in [0.15, 0.2) is 29.2 Å². The zero-order valence-electron chi connectivity index (χ0n) is 9.31. The van der Waals surface area contributed by atoms with Crippen LogP contribution in [0.2, 0.25) is 0 Å². The zero-order valence-corrected chi connectivity index (χ0v) is 10.1. The van der Waals surface area contributed by atoms with E-state index in [4.69, 9.17) is 10.8 Å². The average molecular weight is 225 g/mol. The molecule has 3 N–H and O–H groups in total. The van der Waals surface area contributed by atoms with Gasteiger partial charge in [0.15, 0.2) is 0 Å². The molecule has 1 aromatic rings. The maximum Gasteiger partial charge on any atom is 0.0520 e. The van der Waals surface area contributed by atoms with Gasteiger partial charge in [-0.2, -0.15) is 0 Å². The van der Waals surface area contributed by atoms with Gasteiger partial charge in [0.25, 0.3) is 0 Å². The van der Waals surface area contributed by atoms with Gasteiger partial charge >= 0.3 is 0 Å². The summed E-state index contributed by atoms with van der Waals surface area (Å²) in [5.74, 6) is 0.945. The molecule has 0 aliphatic carbocycles. The molecule has 2 unspecified atom stereocenters. The van der Waals surface area contributed by atoms with E-state index in [1.807, 2.05) is 26.0 Å². The van der Waals surface area contributed by atoms with E-state index in [2.05, 4.69) is 12.1 Å². The van der Waals surface area contributed by atoms with Gasteiger partial charge in [0.05, 0.1) is 6.10 Å². The van der Waals surface area contributed by atoms with Gasteiger partial charge < -0.3 is 10.8 Å². The molecular formula is C12H19NOS. The number of aliphatic hydroxyl groups excluding tert-OH is 1. The van der Waals surface area contributed by atoms with Crippen molar-refractivity contribution in [3.05, 3.63) is 29.8 Å². The Morgan fingerprint density at radius 1 is 1.40 bits per heavy atom. The van der Waals surface area contributed by atoms with Crippen LogP contribution in [0.5, 0.6) is 0 Å². The summed E-state index contributed by atoms with van der Waals surface area (Å²) in [6.07, 6.45) is 0.613. The maximum atomic E-state index is 9.14. The Morgan fingerprint density at radius 3 is 2.73 bits per heavy atom. The minimum Gasteiger partial charge on any atom is -0.393 e. The van der Waals surface area contributed by atoms with Crippen molar-refractivity contribution in [1.82, 2.24) is 0 Å². The minimum absolute atomic E-state index is 0.0855. The van der Waals surface area contributed by atoms with Crippen molar-refractivity contribution < 1.29 is 5.11 Å². The number of nitrogens with two attached hydrogens (primary N) is 1. The lowest BCUT2D eigenvalue weighted by Gasteiger charge is -2.08. The first-order valence-electron chi connectivity index (χ1n) is 5.26. The number of aliphatic hydroxyl groups is 1. The predicted molar refractivity (Wildman–Crippen MR) is 66.1 cm³/mol. The Labute approximate surface area is 95.9 Å². The molecule has 0 aliphatic rings. The van der Waals surface area contributed by atoms with Crippen molar-refractivity contribution in [2.75, 3.05) is 5.75 Å². The molecule has 0 heterocycles. The molecule has 0 spiro atoms. The third kappa shape index (κ3) is 4.69. The smallest absolute Gasteiger partial charge is 0.0520 e. The summed E-state index contributed by atoms with van der Waals surface area (Å²) in [5, 5.41) is 9.14. The molecule has 0 radical (unpaired) electrons. The Bertz CT molecular complexity index is 299. The second-order valence-corrected chi connectivity index (χ2v) is 5.02. The lowest BCUT2D eigenvalue weighted by Crippen LogP contribution is -2.04. The first-order chi connectivity index (χ1) is 7.09. The van der Waals surface area contributed by atoms with Gasteiger partial charge in [-0.25, -0.2) is 0 Å². The van der Waals surface area contributed by atoms with Crippen molar-refractivity contribution in [1.29, 1.82) is 0 Å². The summed E-state index contributed by atoms with van der Waals surface area (Å²) in [7, 11) is 0. The summed E-state index contributed by atoms with van der Waals surface area (Å²) in [5.41, 5.74) is 6.97. The van der Waals surface area contributed by atoms with E-state index in [9.17, 15) is 0 Å². The highest BCUT2D eigenvalue weighted by Crippen LogP contribution is 2.22. The largest absolute Gasteiger partial charge is 0.393 e. The molecule has 3 heteroatoms. The van der Waals surface area contributed by atoms with Crippen LogP contribution in [0.4, 0.5) is 0 Å². The van der Waals surface area contributed by atoms with Crippen LogP contribution in [-0.4, -0.2) is 17.0 Å². The SMILES string of the molecule is CC(O)CCSc1cccc(C(C)N)c1. The standard InChI is InChI=1S/C12H19NOS/c1-9(14)6-7-15-12-5-3-4-11(8-12)10(2)13/h3-5,8-10,14H,6-7,13H2,1-2H3. The molecule has 0 aromatic heterocycles. The highest BCUT2D eigenvalue weighted by molar-refractivity contribution is 7.99. The van der Waals surface area contributed by atoms with Crippen LogP contribution in [0.3, 0.4) is 0 Å². The quantitative estimate of drug-likeness (QED) is 0.757. The Kier molecular flexibility index (Phi) is 5.15. The molecule has 1 aromatic carbocycles. The molecule has 0 aliphatic heterocycles. The van der Waals surface area contributed by atoms with Crippen LogP contribution in [0.25, 0.3) is 0 Å². The molecule has 15 heavy (non-hydrogen) atoms. The summed E-state index contributed by atoms with van der Waals surface area (Å²) in [4.78, 5) is 1.23. The normalized spacial score (nSPS) is 14.9. The van der Waals surface area contributed by atoms with Crippen LogP contribution in [-0.2, 0) is 0 Å². The fraction of sp³-hybridized carbons (Fsp3) is 0.500. The van der Waals surface area contributed by atoms with Gasteiger partial charge in [-0.1, -0.05) is 12.1 Å². The van der Waals surface area contributed by atoms with E-state index in [1.165, 1.54) is 4.90 Å². The number of thioether (sulfide) groups is 1. The van der Waals surface area contributed by atoms with Crippen LogP contribution < -0.4 is 5.73 Å². The van der Waals surface area contributed by atoms with Crippen molar-refractivity contribution >= 4 is 11.8 Å². The van der Waals surface area contributed by atoms with Gasteiger partial charge in [-0.3, -0.25) is 0 Å². The topological polar surface area (TPSA) is 46.2 Å². The number of benzene rings is 1. The third-order valence-corrected chi connectivity index (χ3v) is 3.22. The monoisotopic (exact) mass is 225 g/mol. The van der Waals surface area contributed by atoms with Crippen LogP contribution in [0, 0.1) is 0 Å². The molecule has 0 saturated carbocycles. The Balaban J connectivity index is 2.50.